The van der Waals surface area contributed by atoms with Crippen molar-refractivity contribution in [2.24, 2.45) is 45.3 Å². The molecule has 0 aromatic heterocycles. The van der Waals surface area contributed by atoms with Crippen LogP contribution >= 0.6 is 12.2 Å². The van der Waals surface area contributed by atoms with Crippen molar-refractivity contribution in [2.75, 3.05) is 0 Å². The van der Waals surface area contributed by atoms with E-state index in [4.69, 9.17) is 18.0 Å². The predicted octanol–water partition coefficient (Wildman–Crippen LogP) is 3.58. The molecule has 0 aliphatic heterocycles. The second-order valence-electron chi connectivity index (χ2n) is 9.61. The van der Waals surface area contributed by atoms with Gasteiger partial charge in [0.1, 0.15) is 0 Å². The van der Waals surface area contributed by atoms with Crippen LogP contribution < -0.4 is 11.2 Å². The number of hydrazone groups is 1. The topological polar surface area (TPSA) is 70.6 Å². The molecular formula is C20H33N3OS. The second kappa shape index (κ2) is 6.19. The largest absolute Gasteiger partial charge is 0.393 e. The van der Waals surface area contributed by atoms with Gasteiger partial charge in [-0.05, 0) is 99.1 Å². The van der Waals surface area contributed by atoms with Gasteiger partial charge in [0.05, 0.1) is 6.10 Å². The minimum absolute atomic E-state index is 0.0557. The molecule has 5 heteroatoms. The van der Waals surface area contributed by atoms with Gasteiger partial charge in [-0.3, -0.25) is 5.43 Å². The highest BCUT2D eigenvalue weighted by Gasteiger charge is 2.59. The lowest BCUT2D eigenvalue weighted by Gasteiger charge is -2.60. The number of aliphatic hydroxyl groups is 1. The summed E-state index contributed by atoms with van der Waals surface area (Å²) in [6.07, 6.45) is 10.7. The van der Waals surface area contributed by atoms with E-state index in [1.165, 1.54) is 44.2 Å². The van der Waals surface area contributed by atoms with E-state index in [9.17, 15) is 5.11 Å². The number of rotatable bonds is 1. The highest BCUT2D eigenvalue weighted by Crippen LogP contribution is 2.65. The summed E-state index contributed by atoms with van der Waals surface area (Å²) < 4.78 is 0. The molecule has 4 rings (SSSR count). The summed E-state index contributed by atoms with van der Waals surface area (Å²) in [6.45, 7) is 4.97. The van der Waals surface area contributed by atoms with Crippen LogP contribution in [0.15, 0.2) is 5.10 Å². The van der Waals surface area contributed by atoms with Crippen LogP contribution in [0.5, 0.6) is 0 Å². The fraction of sp³-hybridized carbons (Fsp3) is 0.900. The molecule has 0 radical (unpaired) electrons. The number of nitrogens with zero attached hydrogens (tertiary/aromatic N) is 1. The molecule has 4 fully saturated rings. The third kappa shape index (κ3) is 2.73. The standard InChI is InChI=1S/C20H33N3OS/c1-19-9-7-13(24)11-12(19)3-4-14-15-5-6-17(22-23-18(21)25)20(15,2)10-8-16(14)19/h12-16,24H,3-11H2,1-2H3,(H3,21,23,25)/b22-17+/t12-,13-,14+,15+,16-,19-,20-/m0/s1. The van der Waals surface area contributed by atoms with Crippen molar-refractivity contribution in [1.82, 2.24) is 5.43 Å². The van der Waals surface area contributed by atoms with Crippen LogP contribution in [-0.2, 0) is 0 Å². The average Bonchev–Trinajstić information content (AvgIpc) is 2.90. The van der Waals surface area contributed by atoms with Gasteiger partial charge >= 0.3 is 0 Å². The Balaban J connectivity index is 1.58. The monoisotopic (exact) mass is 363 g/mol. The first kappa shape index (κ1) is 17.7. The van der Waals surface area contributed by atoms with Crippen molar-refractivity contribution in [3.8, 4) is 0 Å². The lowest BCUT2D eigenvalue weighted by molar-refractivity contribution is -0.113. The number of hydrogen-bond acceptors (Lipinski definition) is 3. The number of hydrogen-bond donors (Lipinski definition) is 3. The Kier molecular flexibility index (Phi) is 4.39. The molecule has 0 bridgehead atoms. The molecule has 0 aromatic rings. The van der Waals surface area contributed by atoms with Crippen molar-refractivity contribution in [3.63, 3.8) is 0 Å². The molecular weight excluding hydrogens is 330 g/mol. The summed E-state index contributed by atoms with van der Waals surface area (Å²) in [5.41, 5.74) is 10.4. The molecule has 7 atom stereocenters. The molecule has 4 aliphatic carbocycles. The Bertz CT molecular complexity index is 593. The zero-order valence-corrected chi connectivity index (χ0v) is 16.4. The van der Waals surface area contributed by atoms with E-state index in [1.54, 1.807) is 0 Å². The maximum Gasteiger partial charge on any atom is 0.184 e. The van der Waals surface area contributed by atoms with Crippen LogP contribution in [0.2, 0.25) is 0 Å². The van der Waals surface area contributed by atoms with Crippen molar-refractivity contribution in [2.45, 2.75) is 77.7 Å². The molecule has 4 saturated carbocycles. The summed E-state index contributed by atoms with van der Waals surface area (Å²) in [5, 5.41) is 15.0. The third-order valence-corrected chi connectivity index (χ3v) is 8.77. The molecule has 25 heavy (non-hydrogen) atoms. The lowest BCUT2D eigenvalue weighted by Crippen LogP contribution is -2.54. The van der Waals surface area contributed by atoms with Crippen LogP contribution in [0.1, 0.15) is 71.6 Å². The van der Waals surface area contributed by atoms with Crippen LogP contribution in [-0.4, -0.2) is 22.0 Å². The first-order valence-electron chi connectivity index (χ1n) is 10.1. The zero-order chi connectivity index (χ0) is 17.8. The van der Waals surface area contributed by atoms with Gasteiger partial charge in [0.25, 0.3) is 0 Å². The predicted molar refractivity (Wildman–Crippen MR) is 105 cm³/mol. The molecule has 4 nitrogen and oxygen atoms in total. The van der Waals surface area contributed by atoms with Crippen molar-refractivity contribution in [3.05, 3.63) is 0 Å². The molecule has 0 amide bonds. The Hall–Kier alpha value is -0.680. The summed E-state index contributed by atoms with van der Waals surface area (Å²) in [7, 11) is 0. The van der Waals surface area contributed by atoms with Crippen molar-refractivity contribution >= 4 is 23.0 Å². The molecule has 140 valence electrons. The van der Waals surface area contributed by atoms with E-state index in [0.717, 1.165) is 42.9 Å². The van der Waals surface area contributed by atoms with Gasteiger partial charge in [-0.2, -0.15) is 5.10 Å². The minimum atomic E-state index is -0.0557. The van der Waals surface area contributed by atoms with Gasteiger partial charge in [0, 0.05) is 11.1 Å². The number of nitrogens with two attached hydrogens (primary N) is 1. The van der Waals surface area contributed by atoms with Crippen LogP contribution in [0.3, 0.4) is 0 Å². The normalized spacial score (nSPS) is 50.7. The second-order valence-corrected chi connectivity index (χ2v) is 10.1. The molecule has 0 aromatic carbocycles. The summed E-state index contributed by atoms with van der Waals surface area (Å²) in [6, 6.07) is 0. The van der Waals surface area contributed by atoms with E-state index in [2.05, 4.69) is 24.4 Å². The summed E-state index contributed by atoms with van der Waals surface area (Å²) in [4.78, 5) is 0. The highest BCUT2D eigenvalue weighted by molar-refractivity contribution is 7.80. The number of fused-ring (bicyclic) bond motifs is 5. The Morgan fingerprint density at radius 2 is 1.96 bits per heavy atom. The fourth-order valence-electron chi connectivity index (χ4n) is 7.33. The average molecular weight is 364 g/mol. The molecule has 0 unspecified atom stereocenters. The van der Waals surface area contributed by atoms with Gasteiger partial charge < -0.3 is 10.8 Å². The molecule has 4 N–H and O–H groups in total. The van der Waals surface area contributed by atoms with Crippen molar-refractivity contribution in [1.29, 1.82) is 0 Å². The zero-order valence-electron chi connectivity index (χ0n) is 15.6. The van der Waals surface area contributed by atoms with Crippen LogP contribution in [0.4, 0.5) is 0 Å². The smallest absolute Gasteiger partial charge is 0.184 e. The van der Waals surface area contributed by atoms with Crippen molar-refractivity contribution < 1.29 is 5.11 Å². The van der Waals surface area contributed by atoms with Gasteiger partial charge in [-0.1, -0.05) is 13.8 Å². The Morgan fingerprint density at radius 1 is 1.16 bits per heavy atom. The highest BCUT2D eigenvalue weighted by atomic mass is 32.1. The summed E-state index contributed by atoms with van der Waals surface area (Å²) in [5.74, 6) is 3.14. The van der Waals surface area contributed by atoms with Gasteiger partial charge in [-0.15, -0.1) is 0 Å². The Labute approximate surface area is 157 Å². The quantitative estimate of drug-likeness (QED) is 0.492. The third-order valence-electron chi connectivity index (χ3n) is 8.68. The number of nitrogens with one attached hydrogen (secondary N) is 1. The SMILES string of the molecule is C[C@]12CC[C@H](O)C[C@@H]1CC[C@@H]1[C@H]3CC/C(=N\NC(N)=S)[C@@]3(C)CC[C@@H]12. The maximum atomic E-state index is 10.1. The van der Waals surface area contributed by atoms with Gasteiger partial charge in [0.2, 0.25) is 0 Å². The van der Waals surface area contributed by atoms with E-state index in [0.29, 0.717) is 5.41 Å². The van der Waals surface area contributed by atoms with E-state index < -0.39 is 0 Å². The molecule has 0 spiro atoms. The first-order valence-corrected chi connectivity index (χ1v) is 10.6. The fourth-order valence-corrected chi connectivity index (χ4v) is 7.38. The Morgan fingerprint density at radius 3 is 2.72 bits per heavy atom. The lowest BCUT2D eigenvalue weighted by atomic mass is 9.45. The molecule has 0 heterocycles. The number of thiocarbonyl (C=S) groups is 1. The van der Waals surface area contributed by atoms with Crippen LogP contribution in [0, 0.1) is 34.5 Å². The van der Waals surface area contributed by atoms with Gasteiger partial charge in [0.15, 0.2) is 5.11 Å². The number of aliphatic hydroxyl groups excluding tert-OH is 1. The minimum Gasteiger partial charge on any atom is -0.393 e. The van der Waals surface area contributed by atoms with E-state index in [-0.39, 0.29) is 16.6 Å². The summed E-state index contributed by atoms with van der Waals surface area (Å²) >= 11 is 4.93. The van der Waals surface area contributed by atoms with Crippen LogP contribution in [0.25, 0.3) is 0 Å². The molecule has 0 saturated heterocycles. The van der Waals surface area contributed by atoms with Gasteiger partial charge in [-0.25, -0.2) is 0 Å². The van der Waals surface area contributed by atoms with E-state index in [1.807, 2.05) is 0 Å². The molecule has 4 aliphatic rings. The van der Waals surface area contributed by atoms with E-state index >= 15 is 0 Å². The first-order chi connectivity index (χ1) is 11.8. The maximum absolute atomic E-state index is 10.1.